The highest BCUT2D eigenvalue weighted by molar-refractivity contribution is 5.89. The van der Waals surface area contributed by atoms with Gasteiger partial charge in [0.1, 0.15) is 0 Å². The summed E-state index contributed by atoms with van der Waals surface area (Å²) in [7, 11) is 0. The number of rotatable bonds is 1. The summed E-state index contributed by atoms with van der Waals surface area (Å²) in [5.41, 5.74) is -0.0280. The topological polar surface area (TPSA) is 66.4 Å². The smallest absolute Gasteiger partial charge is 0.307 e. The molecule has 3 aliphatic carbocycles. The van der Waals surface area contributed by atoms with Gasteiger partial charge < -0.3 is 10.4 Å². The van der Waals surface area contributed by atoms with Crippen LogP contribution in [0.25, 0.3) is 0 Å². The fraction of sp³-hybridized carbons (Fsp3) is 0.800. The molecular formula is C20H29NO3. The van der Waals surface area contributed by atoms with Crippen LogP contribution in [0.1, 0.15) is 52.9 Å². The van der Waals surface area contributed by atoms with Gasteiger partial charge in [0.2, 0.25) is 5.91 Å². The zero-order chi connectivity index (χ0) is 17.3. The fourth-order valence-corrected chi connectivity index (χ4v) is 7.09. The molecule has 8 atom stereocenters. The van der Waals surface area contributed by atoms with Crippen molar-refractivity contribution in [1.82, 2.24) is 5.32 Å². The number of carboxylic acid groups (broad SMARTS) is 1. The first-order valence-electron chi connectivity index (χ1n) is 9.50. The summed E-state index contributed by atoms with van der Waals surface area (Å²) in [5.74, 6) is 1.44. The molecule has 0 saturated heterocycles. The Bertz CT molecular complexity index is 614. The third-order valence-electron chi connectivity index (χ3n) is 8.36. The van der Waals surface area contributed by atoms with Gasteiger partial charge in [0, 0.05) is 11.5 Å². The molecule has 0 aromatic heterocycles. The maximum absolute atomic E-state index is 11.8. The Balaban J connectivity index is 1.71. The Morgan fingerprint density at radius 2 is 2.00 bits per heavy atom. The van der Waals surface area contributed by atoms with E-state index in [1.807, 2.05) is 0 Å². The van der Waals surface area contributed by atoms with Gasteiger partial charge in [-0.15, -0.1) is 0 Å². The molecule has 3 fully saturated rings. The molecule has 1 heterocycles. The molecule has 3 saturated carbocycles. The zero-order valence-electron chi connectivity index (χ0n) is 14.9. The first-order chi connectivity index (χ1) is 11.3. The molecule has 0 spiro atoms. The normalized spacial score (nSPS) is 52.9. The number of fused-ring (bicyclic) bond motifs is 5. The quantitative estimate of drug-likeness (QED) is 0.775. The Morgan fingerprint density at radius 1 is 1.25 bits per heavy atom. The summed E-state index contributed by atoms with van der Waals surface area (Å²) in [6.07, 6.45) is 8.86. The minimum absolute atomic E-state index is 0.0216. The zero-order valence-corrected chi connectivity index (χ0v) is 14.9. The van der Waals surface area contributed by atoms with Gasteiger partial charge in [-0.25, -0.2) is 0 Å². The van der Waals surface area contributed by atoms with E-state index in [2.05, 4.69) is 32.2 Å². The molecular weight excluding hydrogens is 302 g/mol. The van der Waals surface area contributed by atoms with Crippen LogP contribution in [0.3, 0.4) is 0 Å². The third-order valence-corrected chi connectivity index (χ3v) is 8.36. The molecule has 4 nitrogen and oxygen atoms in total. The number of nitrogens with one attached hydrogen (secondary N) is 1. The molecule has 4 rings (SSSR count). The van der Waals surface area contributed by atoms with Crippen molar-refractivity contribution >= 4 is 11.9 Å². The second-order valence-corrected chi connectivity index (χ2v) is 9.28. The van der Waals surface area contributed by atoms with Gasteiger partial charge in [0.25, 0.3) is 0 Å². The van der Waals surface area contributed by atoms with E-state index in [4.69, 9.17) is 0 Å². The van der Waals surface area contributed by atoms with Crippen LogP contribution in [0.15, 0.2) is 12.2 Å². The largest absolute Gasteiger partial charge is 0.481 e. The number of hydrogen-bond acceptors (Lipinski definition) is 2. The van der Waals surface area contributed by atoms with Crippen LogP contribution < -0.4 is 5.32 Å². The Kier molecular flexibility index (Phi) is 3.43. The molecule has 0 aromatic carbocycles. The maximum atomic E-state index is 11.8. The second-order valence-electron chi connectivity index (χ2n) is 9.28. The van der Waals surface area contributed by atoms with Crippen molar-refractivity contribution in [3.8, 4) is 0 Å². The predicted octanol–water partition coefficient (Wildman–Crippen LogP) is 3.23. The van der Waals surface area contributed by atoms with Crippen LogP contribution in [-0.2, 0) is 9.59 Å². The van der Waals surface area contributed by atoms with Crippen LogP contribution in [0.2, 0.25) is 0 Å². The first-order valence-corrected chi connectivity index (χ1v) is 9.50. The molecule has 0 radical (unpaired) electrons. The Morgan fingerprint density at radius 3 is 2.71 bits per heavy atom. The summed E-state index contributed by atoms with van der Waals surface area (Å²) in [4.78, 5) is 23.6. The monoisotopic (exact) mass is 331 g/mol. The highest BCUT2D eigenvalue weighted by Crippen LogP contribution is 2.66. The van der Waals surface area contributed by atoms with E-state index < -0.39 is 5.97 Å². The number of hydrogen-bond donors (Lipinski definition) is 2. The summed E-state index contributed by atoms with van der Waals surface area (Å²) < 4.78 is 0. The van der Waals surface area contributed by atoms with Crippen LogP contribution >= 0.6 is 0 Å². The third kappa shape index (κ3) is 1.98. The standard InChI is InChI=1S/C20H29NO3/c1-11-10-15-20(3,9-7-16(22)21-15)13-6-8-19(2)12(17(11)13)4-5-14(19)18(23)24/h7,9,11-15,17H,4-6,8,10H2,1-3H3,(H,21,22)(H,23,24)/t11?,12-,13+,14?,15?,17-,19-,20+/m0/s1. The van der Waals surface area contributed by atoms with Crippen molar-refractivity contribution in [2.75, 3.05) is 0 Å². The Labute approximate surface area is 144 Å². The van der Waals surface area contributed by atoms with Gasteiger partial charge in [0.15, 0.2) is 0 Å². The van der Waals surface area contributed by atoms with E-state index >= 15 is 0 Å². The summed E-state index contributed by atoms with van der Waals surface area (Å²) >= 11 is 0. The molecule has 1 aliphatic heterocycles. The predicted molar refractivity (Wildman–Crippen MR) is 91.1 cm³/mol. The fourth-order valence-electron chi connectivity index (χ4n) is 7.09. The molecule has 1 amide bonds. The number of carbonyl (C=O) groups excluding carboxylic acids is 1. The highest BCUT2D eigenvalue weighted by Gasteiger charge is 2.62. The van der Waals surface area contributed by atoms with Gasteiger partial charge in [-0.2, -0.15) is 0 Å². The number of carboxylic acids is 1. The van der Waals surface area contributed by atoms with E-state index in [0.29, 0.717) is 23.7 Å². The van der Waals surface area contributed by atoms with E-state index in [9.17, 15) is 14.7 Å². The molecule has 24 heavy (non-hydrogen) atoms. The minimum Gasteiger partial charge on any atom is -0.481 e. The van der Waals surface area contributed by atoms with Gasteiger partial charge in [0.05, 0.1) is 5.92 Å². The Hall–Kier alpha value is -1.32. The van der Waals surface area contributed by atoms with Gasteiger partial charge in [-0.1, -0.05) is 26.8 Å². The van der Waals surface area contributed by atoms with Crippen molar-refractivity contribution in [3.05, 3.63) is 12.2 Å². The van der Waals surface area contributed by atoms with Gasteiger partial charge in [-0.05, 0) is 67.3 Å². The maximum Gasteiger partial charge on any atom is 0.307 e. The van der Waals surface area contributed by atoms with E-state index in [1.165, 1.54) is 0 Å². The lowest BCUT2D eigenvalue weighted by Gasteiger charge is -2.60. The summed E-state index contributed by atoms with van der Waals surface area (Å²) in [6.45, 7) is 6.87. The first kappa shape index (κ1) is 16.2. The minimum atomic E-state index is -0.601. The number of amides is 1. The van der Waals surface area contributed by atoms with Gasteiger partial charge in [-0.3, -0.25) is 9.59 Å². The molecule has 132 valence electrons. The molecule has 3 unspecified atom stereocenters. The van der Waals surface area contributed by atoms with Crippen molar-refractivity contribution < 1.29 is 14.7 Å². The number of carbonyl (C=O) groups is 2. The van der Waals surface area contributed by atoms with Crippen LogP contribution in [0.4, 0.5) is 0 Å². The summed E-state index contributed by atoms with van der Waals surface area (Å²) in [6, 6.07) is 0.229. The molecule has 4 heteroatoms. The number of aliphatic carboxylic acids is 1. The van der Waals surface area contributed by atoms with Crippen LogP contribution in [-0.4, -0.2) is 23.0 Å². The van der Waals surface area contributed by atoms with Crippen molar-refractivity contribution in [2.24, 2.45) is 40.4 Å². The van der Waals surface area contributed by atoms with Crippen LogP contribution in [0.5, 0.6) is 0 Å². The molecule has 0 bridgehead atoms. The molecule has 2 N–H and O–H groups in total. The van der Waals surface area contributed by atoms with Crippen molar-refractivity contribution in [2.45, 2.75) is 58.9 Å². The average Bonchev–Trinajstić information content (AvgIpc) is 2.86. The average molecular weight is 331 g/mol. The van der Waals surface area contributed by atoms with E-state index in [0.717, 1.165) is 32.1 Å². The highest BCUT2D eigenvalue weighted by atomic mass is 16.4. The summed E-state index contributed by atoms with van der Waals surface area (Å²) in [5, 5.41) is 12.9. The lowest BCUT2D eigenvalue weighted by Crippen LogP contribution is -2.61. The second kappa shape index (κ2) is 5.09. The lowest BCUT2D eigenvalue weighted by atomic mass is 9.45. The van der Waals surface area contributed by atoms with Gasteiger partial charge >= 0.3 is 5.97 Å². The lowest BCUT2D eigenvalue weighted by molar-refractivity contribution is -0.151. The van der Waals surface area contributed by atoms with E-state index in [1.54, 1.807) is 6.08 Å². The molecule has 4 aliphatic rings. The van der Waals surface area contributed by atoms with Crippen molar-refractivity contribution in [3.63, 3.8) is 0 Å². The molecule has 0 aromatic rings. The SMILES string of the molecule is CC1CC2NC(=O)C=C[C@]2(C)[C@@H]2CC[C@]3(C)C(C(=O)O)CC[C@H]3[C@H]12. The van der Waals surface area contributed by atoms with E-state index in [-0.39, 0.29) is 28.7 Å². The van der Waals surface area contributed by atoms with Crippen molar-refractivity contribution in [1.29, 1.82) is 0 Å². The van der Waals surface area contributed by atoms with Crippen LogP contribution in [0, 0.1) is 40.4 Å².